The lowest BCUT2D eigenvalue weighted by molar-refractivity contribution is -0.284. The molecule has 0 unspecified atom stereocenters. The number of piperidine rings is 1. The summed E-state index contributed by atoms with van der Waals surface area (Å²) in [6, 6.07) is -0.0194. The zero-order chi connectivity index (χ0) is 29.0. The van der Waals surface area contributed by atoms with Gasteiger partial charge in [0.05, 0.1) is 30.5 Å². The van der Waals surface area contributed by atoms with E-state index < -0.39 is 46.5 Å². The summed E-state index contributed by atoms with van der Waals surface area (Å²) in [5.41, 5.74) is -4.17. The van der Waals surface area contributed by atoms with Gasteiger partial charge < -0.3 is 38.6 Å². The summed E-state index contributed by atoms with van der Waals surface area (Å²) in [4.78, 5) is 15.6. The molecule has 228 valence electrons. The van der Waals surface area contributed by atoms with Crippen LogP contribution in [-0.2, 0) is 28.4 Å². The first kappa shape index (κ1) is 29.1. The van der Waals surface area contributed by atoms with Crippen molar-refractivity contribution in [3.8, 4) is 0 Å². The van der Waals surface area contributed by atoms with Crippen LogP contribution >= 0.6 is 0 Å². The van der Waals surface area contributed by atoms with Crippen LogP contribution in [0.4, 0.5) is 4.79 Å². The predicted octanol–water partition coefficient (Wildman–Crippen LogP) is 2.23. The van der Waals surface area contributed by atoms with Gasteiger partial charge in [-0.1, -0.05) is 6.92 Å². The SMILES string of the molecule is CCN1C[C@]2(COC)CC[C@H](OC)[C@@]34[C@@H]5C[C@]6(O)[C@@H](OC)C[C@@](O)([C@H]5[C@H]6OC(=O)OC(C)(C)C)[C@@H]([C@H](OC)[C@H]23)[C@@H]14. The minimum absolute atomic E-state index is 0.0194. The van der Waals surface area contributed by atoms with Gasteiger partial charge in [-0.3, -0.25) is 4.90 Å². The Labute approximate surface area is 237 Å². The fourth-order valence-electron chi connectivity index (χ4n) is 11.5. The molecule has 0 aromatic carbocycles. The molecule has 2 N–H and O–H groups in total. The molecule has 6 rings (SSSR count). The molecule has 1 spiro atoms. The smallest absolute Gasteiger partial charge is 0.429 e. The minimum Gasteiger partial charge on any atom is -0.429 e. The normalized spacial score (nSPS) is 52.5. The highest BCUT2D eigenvalue weighted by atomic mass is 16.7. The Morgan fingerprint density at radius 3 is 2.25 bits per heavy atom. The first-order valence-electron chi connectivity index (χ1n) is 15.0. The number of carbonyl (C=O) groups is 1. The van der Waals surface area contributed by atoms with E-state index in [0.717, 1.165) is 25.9 Å². The fourth-order valence-corrected chi connectivity index (χ4v) is 11.5. The lowest BCUT2D eigenvalue weighted by Gasteiger charge is -2.69. The van der Waals surface area contributed by atoms with Crippen LogP contribution in [0.2, 0.25) is 0 Å². The Bertz CT molecular complexity index is 1020. The van der Waals surface area contributed by atoms with Crippen molar-refractivity contribution >= 4 is 6.16 Å². The maximum atomic E-state index is 13.1. The van der Waals surface area contributed by atoms with E-state index in [1.807, 2.05) is 0 Å². The fraction of sp³-hybridized carbons (Fsp3) is 0.967. The second-order valence-electron chi connectivity index (χ2n) is 14.5. The number of ether oxygens (including phenoxy) is 6. The van der Waals surface area contributed by atoms with Crippen LogP contribution in [0, 0.1) is 34.5 Å². The third-order valence-corrected chi connectivity index (χ3v) is 12.1. The molecule has 5 aliphatic carbocycles. The van der Waals surface area contributed by atoms with Crippen molar-refractivity contribution in [1.29, 1.82) is 0 Å². The molecule has 7 bridgehead atoms. The van der Waals surface area contributed by atoms with Gasteiger partial charge >= 0.3 is 6.16 Å². The summed E-state index contributed by atoms with van der Waals surface area (Å²) >= 11 is 0. The molecule has 0 aromatic rings. The third-order valence-electron chi connectivity index (χ3n) is 12.1. The molecule has 6 fully saturated rings. The molecule has 10 nitrogen and oxygen atoms in total. The van der Waals surface area contributed by atoms with Gasteiger partial charge in [-0.05, 0) is 52.5 Å². The van der Waals surface area contributed by atoms with Crippen molar-refractivity contribution in [1.82, 2.24) is 4.90 Å². The quantitative estimate of drug-likeness (QED) is 0.444. The maximum absolute atomic E-state index is 13.1. The van der Waals surface area contributed by atoms with Gasteiger partial charge in [-0.15, -0.1) is 0 Å². The number of nitrogens with zero attached hydrogens (tertiary/aromatic N) is 1. The van der Waals surface area contributed by atoms with E-state index in [2.05, 4.69) is 11.8 Å². The van der Waals surface area contributed by atoms with Crippen LogP contribution in [0.3, 0.4) is 0 Å². The van der Waals surface area contributed by atoms with E-state index in [-0.39, 0.29) is 47.8 Å². The summed E-state index contributed by atoms with van der Waals surface area (Å²) in [5.74, 6) is -0.958. The molecule has 1 saturated heterocycles. The second kappa shape index (κ2) is 9.24. The van der Waals surface area contributed by atoms with Crippen molar-refractivity contribution in [2.24, 2.45) is 34.5 Å². The summed E-state index contributed by atoms with van der Waals surface area (Å²) in [7, 11) is 6.86. The molecule has 0 amide bonds. The van der Waals surface area contributed by atoms with Crippen LogP contribution in [0.5, 0.6) is 0 Å². The van der Waals surface area contributed by atoms with E-state index in [9.17, 15) is 15.0 Å². The topological polar surface area (TPSA) is 116 Å². The Morgan fingerprint density at radius 2 is 1.68 bits per heavy atom. The molecular weight excluding hydrogens is 518 g/mol. The number of aliphatic hydroxyl groups is 2. The molecule has 5 saturated carbocycles. The average molecular weight is 568 g/mol. The average Bonchev–Trinajstić information content (AvgIpc) is 3.26. The third kappa shape index (κ3) is 3.38. The first-order valence-corrected chi connectivity index (χ1v) is 15.0. The van der Waals surface area contributed by atoms with Crippen LogP contribution < -0.4 is 0 Å². The standard InChI is InChI=1S/C30H49NO9/c1-9-31-14-27(15-35-5)11-10-17(36-6)30-16-12-28(33)18(37-7)13-29(34,20(23(30)31)21(38-8)22(27)30)19(16)24(28)39-25(32)40-26(2,3)4/h16-24,33-34H,9-15H2,1-8H3/t16-,17+,18+,19-,20+,21+,22-,23-,24-,27+,28+,29-,30+/m1/s1. The van der Waals surface area contributed by atoms with Gasteiger partial charge in [-0.25, -0.2) is 4.79 Å². The second-order valence-corrected chi connectivity index (χ2v) is 14.5. The number of likely N-dealkylation sites (tertiary alicyclic amines) is 1. The summed E-state index contributed by atoms with van der Waals surface area (Å²) < 4.78 is 36.3. The lowest BCUT2D eigenvalue weighted by Crippen LogP contribution is -2.77. The van der Waals surface area contributed by atoms with Gasteiger partial charge in [0.15, 0.2) is 0 Å². The van der Waals surface area contributed by atoms with Crippen LogP contribution in [-0.4, -0.2) is 117 Å². The monoisotopic (exact) mass is 567 g/mol. The van der Waals surface area contributed by atoms with E-state index >= 15 is 0 Å². The highest BCUT2D eigenvalue weighted by Crippen LogP contribution is 2.80. The van der Waals surface area contributed by atoms with E-state index in [1.165, 1.54) is 0 Å². The minimum atomic E-state index is -1.47. The number of carbonyl (C=O) groups excluding carboxylic acids is 1. The number of methoxy groups -OCH3 is 4. The zero-order valence-corrected chi connectivity index (χ0v) is 25.3. The molecule has 10 heteroatoms. The van der Waals surface area contributed by atoms with Crippen molar-refractivity contribution in [2.45, 2.75) is 101 Å². The molecule has 40 heavy (non-hydrogen) atoms. The Hall–Kier alpha value is -1.01. The molecular formula is C30H49NO9. The van der Waals surface area contributed by atoms with Crippen molar-refractivity contribution in [3.05, 3.63) is 0 Å². The summed E-state index contributed by atoms with van der Waals surface area (Å²) in [6.45, 7) is 9.79. The van der Waals surface area contributed by atoms with Crippen molar-refractivity contribution < 1.29 is 43.4 Å². The highest BCUT2D eigenvalue weighted by molar-refractivity contribution is 5.61. The number of hydrogen-bond donors (Lipinski definition) is 2. The van der Waals surface area contributed by atoms with Gasteiger partial charge in [0.2, 0.25) is 0 Å². The van der Waals surface area contributed by atoms with Gasteiger partial charge in [-0.2, -0.15) is 0 Å². The van der Waals surface area contributed by atoms with Crippen molar-refractivity contribution in [2.75, 3.05) is 48.1 Å². The Morgan fingerprint density at radius 1 is 0.975 bits per heavy atom. The van der Waals surface area contributed by atoms with Crippen LogP contribution in [0.15, 0.2) is 0 Å². The van der Waals surface area contributed by atoms with Crippen molar-refractivity contribution in [3.63, 3.8) is 0 Å². The van der Waals surface area contributed by atoms with E-state index in [1.54, 1.807) is 49.2 Å². The molecule has 1 heterocycles. The highest BCUT2D eigenvalue weighted by Gasteiger charge is 2.88. The predicted molar refractivity (Wildman–Crippen MR) is 144 cm³/mol. The summed E-state index contributed by atoms with van der Waals surface area (Å²) in [5, 5.41) is 25.5. The largest absolute Gasteiger partial charge is 0.509 e. The lowest BCUT2D eigenvalue weighted by atomic mass is 9.43. The van der Waals surface area contributed by atoms with Crippen LogP contribution in [0.1, 0.15) is 53.4 Å². The number of rotatable bonds is 7. The van der Waals surface area contributed by atoms with E-state index in [4.69, 9.17) is 28.4 Å². The Balaban J connectivity index is 1.57. The van der Waals surface area contributed by atoms with Gasteiger partial charge in [0, 0.05) is 76.0 Å². The maximum Gasteiger partial charge on any atom is 0.509 e. The van der Waals surface area contributed by atoms with Gasteiger partial charge in [0.25, 0.3) is 0 Å². The molecule has 6 aliphatic rings. The zero-order valence-electron chi connectivity index (χ0n) is 25.3. The number of fused-ring (bicyclic) bond motifs is 2. The summed E-state index contributed by atoms with van der Waals surface area (Å²) in [6.07, 6.45) is -0.541. The molecule has 1 aliphatic heterocycles. The van der Waals surface area contributed by atoms with E-state index in [0.29, 0.717) is 13.0 Å². The Kier molecular flexibility index (Phi) is 6.72. The molecule has 0 radical (unpaired) electrons. The first-order chi connectivity index (χ1) is 18.8. The molecule has 13 atom stereocenters. The number of hydrogen-bond acceptors (Lipinski definition) is 10. The van der Waals surface area contributed by atoms with Gasteiger partial charge in [0.1, 0.15) is 17.3 Å². The van der Waals surface area contributed by atoms with Crippen LogP contribution in [0.25, 0.3) is 0 Å². The molecule has 0 aromatic heterocycles.